The fourth-order valence-electron chi connectivity index (χ4n) is 1.52. The number of nitrogens with two attached hydrogens (primary N) is 1. The number of rotatable bonds is 2. The normalized spacial score (nSPS) is 12.3. The molecule has 0 bridgehead atoms. The average Bonchev–Trinajstić information content (AvgIpc) is 2.60. The average molecular weight is 268 g/mol. The van der Waals surface area contributed by atoms with Gasteiger partial charge in [0.25, 0.3) is 0 Å². The molecule has 1 heterocycles. The fourth-order valence-corrected chi connectivity index (χ4v) is 1.94. The van der Waals surface area contributed by atoms with Crippen LogP contribution in [0.15, 0.2) is 22.8 Å². The molecule has 0 spiro atoms. The van der Waals surface area contributed by atoms with Gasteiger partial charge in [0.15, 0.2) is 0 Å². The van der Waals surface area contributed by atoms with Gasteiger partial charge in [-0.25, -0.2) is 0 Å². The second-order valence-corrected chi connectivity index (χ2v) is 5.15. The molecule has 15 heavy (non-hydrogen) atoms. The summed E-state index contributed by atoms with van der Waals surface area (Å²) in [6.45, 7) is 4.90. The van der Waals surface area contributed by atoms with Gasteiger partial charge in [0.05, 0.1) is 5.52 Å². The van der Waals surface area contributed by atoms with E-state index in [1.54, 1.807) is 0 Å². The Morgan fingerprint density at radius 2 is 2.20 bits per heavy atom. The molecule has 0 radical (unpaired) electrons. The van der Waals surface area contributed by atoms with Crippen molar-refractivity contribution in [2.75, 3.05) is 6.54 Å². The highest BCUT2D eigenvalue weighted by molar-refractivity contribution is 9.10. The predicted octanol–water partition coefficient (Wildman–Crippen LogP) is 2.56. The van der Waals surface area contributed by atoms with Gasteiger partial charge in [-0.1, -0.05) is 19.9 Å². The maximum atomic E-state index is 5.75. The Balaban J connectivity index is 2.57. The van der Waals surface area contributed by atoms with Crippen LogP contribution in [0.25, 0.3) is 10.9 Å². The van der Waals surface area contributed by atoms with Crippen molar-refractivity contribution in [3.8, 4) is 0 Å². The number of nitrogens with zero attached hydrogens (tertiary/aromatic N) is 1. The number of hydrogen-bond acceptors (Lipinski definition) is 2. The molecule has 3 nitrogen and oxygen atoms in total. The number of halogens is 1. The van der Waals surface area contributed by atoms with Gasteiger partial charge in [0.2, 0.25) is 0 Å². The molecule has 1 aromatic heterocycles. The van der Waals surface area contributed by atoms with Crippen LogP contribution in [0, 0.1) is 0 Å². The molecule has 0 unspecified atom stereocenters. The van der Waals surface area contributed by atoms with Crippen molar-refractivity contribution >= 4 is 26.8 Å². The Bertz CT molecular complexity index is 488. The quantitative estimate of drug-likeness (QED) is 0.879. The Hall–Kier alpha value is -0.870. The van der Waals surface area contributed by atoms with Gasteiger partial charge < -0.3 is 5.73 Å². The van der Waals surface area contributed by atoms with E-state index < -0.39 is 0 Å². The van der Waals surface area contributed by atoms with Crippen LogP contribution < -0.4 is 5.73 Å². The monoisotopic (exact) mass is 267 g/mol. The molecule has 0 aliphatic rings. The summed E-state index contributed by atoms with van der Waals surface area (Å²) in [5, 5.41) is 8.23. The van der Waals surface area contributed by atoms with Gasteiger partial charge in [-0.3, -0.25) is 5.10 Å². The van der Waals surface area contributed by atoms with Crippen LogP contribution in [-0.2, 0) is 5.41 Å². The van der Waals surface area contributed by atoms with E-state index >= 15 is 0 Å². The molecule has 0 aliphatic heterocycles. The molecular formula is C11H14BrN3. The molecule has 2 rings (SSSR count). The van der Waals surface area contributed by atoms with Gasteiger partial charge >= 0.3 is 0 Å². The third-order valence-corrected chi connectivity index (χ3v) is 3.40. The molecule has 1 aromatic carbocycles. The standard InChI is InChI=1S/C11H14BrN3/c1-11(2,6-13)7-3-4-8-9(5-7)14-15-10(8)12/h3-5H,6,13H2,1-2H3,(H,14,15). The first kappa shape index (κ1) is 10.6. The lowest BCUT2D eigenvalue weighted by atomic mass is 9.84. The smallest absolute Gasteiger partial charge is 0.108 e. The fraction of sp³-hybridized carbons (Fsp3) is 0.364. The Morgan fingerprint density at radius 3 is 2.87 bits per heavy atom. The molecule has 0 fully saturated rings. The number of nitrogens with one attached hydrogen (secondary N) is 1. The van der Waals surface area contributed by atoms with Crippen molar-refractivity contribution < 1.29 is 0 Å². The minimum atomic E-state index is -0.000381. The van der Waals surface area contributed by atoms with Crippen LogP contribution >= 0.6 is 15.9 Å². The third kappa shape index (κ3) is 1.79. The number of aromatic nitrogens is 2. The van der Waals surface area contributed by atoms with Gasteiger partial charge in [-0.15, -0.1) is 0 Å². The summed E-state index contributed by atoms with van der Waals surface area (Å²) in [6.07, 6.45) is 0. The Kier molecular flexibility index (Phi) is 2.56. The first-order valence-electron chi connectivity index (χ1n) is 4.89. The van der Waals surface area contributed by atoms with E-state index in [9.17, 15) is 0 Å². The maximum Gasteiger partial charge on any atom is 0.108 e. The molecule has 4 heteroatoms. The summed E-state index contributed by atoms with van der Waals surface area (Å²) < 4.78 is 0.926. The second kappa shape index (κ2) is 3.61. The third-order valence-electron chi connectivity index (χ3n) is 2.80. The Morgan fingerprint density at radius 1 is 1.47 bits per heavy atom. The minimum absolute atomic E-state index is 0.000381. The number of benzene rings is 1. The van der Waals surface area contributed by atoms with Crippen LogP contribution in [0.2, 0.25) is 0 Å². The maximum absolute atomic E-state index is 5.75. The van der Waals surface area contributed by atoms with E-state index in [4.69, 9.17) is 5.73 Å². The van der Waals surface area contributed by atoms with E-state index in [1.807, 2.05) is 0 Å². The molecule has 80 valence electrons. The van der Waals surface area contributed by atoms with Crippen LogP contribution in [0.5, 0.6) is 0 Å². The van der Waals surface area contributed by atoms with Gasteiger partial charge in [-0.2, -0.15) is 5.10 Å². The lowest BCUT2D eigenvalue weighted by molar-refractivity contribution is 0.539. The molecule has 0 aliphatic carbocycles. The van der Waals surface area contributed by atoms with Crippen LogP contribution in [0.4, 0.5) is 0 Å². The Labute approximate surface area is 97.2 Å². The zero-order valence-corrected chi connectivity index (χ0v) is 10.4. The van der Waals surface area contributed by atoms with E-state index in [0.29, 0.717) is 6.54 Å². The first-order chi connectivity index (χ1) is 7.04. The van der Waals surface area contributed by atoms with Crippen molar-refractivity contribution in [3.63, 3.8) is 0 Å². The van der Waals surface area contributed by atoms with E-state index in [1.165, 1.54) is 5.56 Å². The molecule has 0 saturated heterocycles. The number of hydrogen-bond donors (Lipinski definition) is 2. The highest BCUT2D eigenvalue weighted by Gasteiger charge is 2.19. The highest BCUT2D eigenvalue weighted by atomic mass is 79.9. The molecule has 3 N–H and O–H groups in total. The molecular weight excluding hydrogens is 254 g/mol. The molecule has 2 aromatic rings. The second-order valence-electron chi connectivity index (χ2n) is 4.36. The van der Waals surface area contributed by atoms with E-state index in [0.717, 1.165) is 15.5 Å². The largest absolute Gasteiger partial charge is 0.330 e. The summed E-state index contributed by atoms with van der Waals surface area (Å²) in [5.74, 6) is 0. The van der Waals surface area contributed by atoms with Crippen molar-refractivity contribution in [3.05, 3.63) is 28.4 Å². The number of aromatic amines is 1. The number of fused-ring (bicyclic) bond motifs is 1. The summed E-state index contributed by atoms with van der Waals surface area (Å²) in [7, 11) is 0. The summed E-state index contributed by atoms with van der Waals surface area (Å²) >= 11 is 3.42. The first-order valence-corrected chi connectivity index (χ1v) is 5.68. The van der Waals surface area contributed by atoms with Crippen LogP contribution in [-0.4, -0.2) is 16.7 Å². The SMILES string of the molecule is CC(C)(CN)c1ccc2c(Br)[nH]nc2c1. The van der Waals surface area contributed by atoms with Crippen LogP contribution in [0.3, 0.4) is 0 Å². The van der Waals surface area contributed by atoms with Crippen molar-refractivity contribution in [1.82, 2.24) is 10.2 Å². The summed E-state index contributed by atoms with van der Waals surface area (Å²) in [5.41, 5.74) is 7.94. The van der Waals surface area contributed by atoms with E-state index in [-0.39, 0.29) is 5.41 Å². The topological polar surface area (TPSA) is 54.7 Å². The van der Waals surface area contributed by atoms with Crippen molar-refractivity contribution in [2.24, 2.45) is 5.73 Å². The van der Waals surface area contributed by atoms with Gasteiger partial charge in [-0.05, 0) is 33.6 Å². The van der Waals surface area contributed by atoms with Crippen molar-refractivity contribution in [2.45, 2.75) is 19.3 Å². The molecule has 0 amide bonds. The van der Waals surface area contributed by atoms with E-state index in [2.05, 4.69) is 58.2 Å². The zero-order valence-electron chi connectivity index (χ0n) is 8.84. The lowest BCUT2D eigenvalue weighted by Crippen LogP contribution is -2.27. The lowest BCUT2D eigenvalue weighted by Gasteiger charge is -2.22. The molecule has 0 atom stereocenters. The summed E-state index contributed by atoms with van der Waals surface area (Å²) in [6, 6.07) is 6.26. The van der Waals surface area contributed by atoms with Gasteiger partial charge in [0, 0.05) is 17.3 Å². The minimum Gasteiger partial charge on any atom is -0.330 e. The molecule has 0 saturated carbocycles. The zero-order chi connectivity index (χ0) is 11.1. The highest BCUT2D eigenvalue weighted by Crippen LogP contribution is 2.27. The van der Waals surface area contributed by atoms with Crippen molar-refractivity contribution in [1.29, 1.82) is 0 Å². The predicted molar refractivity (Wildman–Crippen MR) is 65.9 cm³/mol. The van der Waals surface area contributed by atoms with Crippen LogP contribution in [0.1, 0.15) is 19.4 Å². The van der Waals surface area contributed by atoms with Gasteiger partial charge in [0.1, 0.15) is 4.60 Å². The number of H-pyrrole nitrogens is 1. The summed E-state index contributed by atoms with van der Waals surface area (Å²) in [4.78, 5) is 0.